The van der Waals surface area contributed by atoms with Crippen molar-refractivity contribution in [3.8, 4) is 0 Å². The molecule has 1 aliphatic carbocycles. The predicted octanol–water partition coefficient (Wildman–Crippen LogP) is 6.44. The van der Waals surface area contributed by atoms with E-state index in [-0.39, 0.29) is 18.0 Å². The van der Waals surface area contributed by atoms with Crippen molar-refractivity contribution in [2.75, 3.05) is 37.6 Å². The topological polar surface area (TPSA) is 55.9 Å². The van der Waals surface area contributed by atoms with Crippen molar-refractivity contribution in [2.45, 2.75) is 83.7 Å². The first-order valence-corrected chi connectivity index (χ1v) is 15.2. The van der Waals surface area contributed by atoms with Crippen LogP contribution in [-0.4, -0.2) is 66.5 Å². The highest BCUT2D eigenvalue weighted by atomic mass is 35.5. The van der Waals surface area contributed by atoms with Gasteiger partial charge < -0.3 is 15.1 Å². The van der Waals surface area contributed by atoms with Gasteiger partial charge in [-0.25, -0.2) is 4.79 Å². The molecular weight excluding hydrogens is 508 g/mol. The van der Waals surface area contributed by atoms with E-state index in [1.54, 1.807) is 0 Å². The first kappa shape index (κ1) is 29.4. The van der Waals surface area contributed by atoms with Crippen LogP contribution in [0.4, 0.5) is 10.5 Å². The van der Waals surface area contributed by atoms with E-state index in [1.165, 1.54) is 19.3 Å². The molecule has 6 nitrogen and oxygen atoms in total. The Morgan fingerprint density at radius 1 is 1.00 bits per heavy atom. The lowest BCUT2D eigenvalue weighted by Gasteiger charge is -2.38. The van der Waals surface area contributed by atoms with Crippen molar-refractivity contribution in [3.05, 3.63) is 64.7 Å². The normalized spacial score (nSPS) is 17.1. The minimum atomic E-state index is -0.0176. The Labute approximate surface area is 239 Å². The number of carbonyl (C=O) groups excluding carboxylic acids is 2. The van der Waals surface area contributed by atoms with E-state index < -0.39 is 0 Å². The molecule has 0 bridgehead atoms. The number of carbonyl (C=O) groups is 2. The van der Waals surface area contributed by atoms with Crippen LogP contribution in [0.3, 0.4) is 0 Å². The Balaban J connectivity index is 1.28. The van der Waals surface area contributed by atoms with Gasteiger partial charge in [0.15, 0.2) is 0 Å². The molecule has 0 radical (unpaired) electrons. The Bertz CT molecular complexity index is 1070. The molecule has 0 spiro atoms. The third kappa shape index (κ3) is 8.46. The molecular formula is C32H45ClN4O2. The summed E-state index contributed by atoms with van der Waals surface area (Å²) < 4.78 is 0. The summed E-state index contributed by atoms with van der Waals surface area (Å²) >= 11 is 6.43. The summed E-state index contributed by atoms with van der Waals surface area (Å²) in [6.45, 7) is 8.35. The molecule has 39 heavy (non-hydrogen) atoms. The van der Waals surface area contributed by atoms with Crippen LogP contribution in [0.5, 0.6) is 0 Å². The van der Waals surface area contributed by atoms with Gasteiger partial charge in [0.05, 0.1) is 6.42 Å². The molecule has 0 atom stereocenters. The number of hydrogen-bond acceptors (Lipinski definition) is 3. The number of amides is 3. The zero-order valence-corrected chi connectivity index (χ0v) is 24.5. The number of likely N-dealkylation sites (N-methyl/N-ethyl adjacent to an activating group) is 1. The number of anilines is 1. The lowest BCUT2D eigenvalue weighted by atomic mass is 9.96. The summed E-state index contributed by atoms with van der Waals surface area (Å²) in [5.74, 6) is 0.221. The number of likely N-dealkylation sites (tertiary alicyclic amines) is 1. The fraction of sp³-hybridized carbons (Fsp3) is 0.562. The third-order valence-corrected chi connectivity index (χ3v) is 8.77. The molecule has 3 amide bonds. The molecule has 1 saturated heterocycles. The van der Waals surface area contributed by atoms with Crippen molar-refractivity contribution in [3.63, 3.8) is 0 Å². The standard InChI is InChI=1S/C32H45ClN4O2/c1-3-36(31(38)23-26-11-6-4-7-12-26)28-17-21-35(22-18-28)19-10-20-37(29-16-15-25(2)30(33)24-29)32(39)34-27-13-8-5-9-14-27/h4,6-7,11-12,15-16,24,27-28H,3,5,8-10,13-14,17-23H2,1-2H3,(H,34,39). The number of benzene rings is 2. The maximum absolute atomic E-state index is 13.4. The Kier molecular flexibility index (Phi) is 11.1. The van der Waals surface area contributed by atoms with Gasteiger partial charge in [0.1, 0.15) is 0 Å². The van der Waals surface area contributed by atoms with Crippen molar-refractivity contribution in [2.24, 2.45) is 0 Å². The van der Waals surface area contributed by atoms with Gasteiger partial charge in [0, 0.05) is 49.0 Å². The van der Waals surface area contributed by atoms with Crippen LogP contribution in [0.2, 0.25) is 5.02 Å². The summed E-state index contributed by atoms with van der Waals surface area (Å²) in [7, 11) is 0. The van der Waals surface area contributed by atoms with Crippen LogP contribution in [0.1, 0.15) is 69.4 Å². The average Bonchev–Trinajstić information content (AvgIpc) is 2.95. The number of rotatable bonds is 10. The first-order chi connectivity index (χ1) is 18.9. The van der Waals surface area contributed by atoms with Gasteiger partial charge in [-0.2, -0.15) is 0 Å². The number of nitrogens with zero attached hydrogens (tertiary/aromatic N) is 3. The highest BCUT2D eigenvalue weighted by Gasteiger charge is 2.27. The lowest BCUT2D eigenvalue weighted by Crippen LogP contribution is -2.49. The Morgan fingerprint density at radius 3 is 2.38 bits per heavy atom. The summed E-state index contributed by atoms with van der Waals surface area (Å²) in [5.41, 5.74) is 2.94. The smallest absolute Gasteiger partial charge is 0.322 e. The molecule has 7 heteroatoms. The van der Waals surface area contributed by atoms with Crippen molar-refractivity contribution in [1.29, 1.82) is 0 Å². The fourth-order valence-electron chi connectivity index (χ4n) is 6.01. The zero-order valence-electron chi connectivity index (χ0n) is 23.7. The number of aryl methyl sites for hydroxylation is 1. The second-order valence-corrected chi connectivity index (χ2v) is 11.5. The van der Waals surface area contributed by atoms with Crippen molar-refractivity contribution >= 4 is 29.2 Å². The van der Waals surface area contributed by atoms with E-state index in [1.807, 2.05) is 60.4 Å². The summed E-state index contributed by atoms with van der Waals surface area (Å²) in [4.78, 5) is 32.8. The van der Waals surface area contributed by atoms with Gasteiger partial charge in [-0.15, -0.1) is 0 Å². The molecule has 1 aliphatic heterocycles. The fourth-order valence-corrected chi connectivity index (χ4v) is 6.19. The van der Waals surface area contributed by atoms with Gasteiger partial charge in [0.25, 0.3) is 0 Å². The van der Waals surface area contributed by atoms with Gasteiger partial charge >= 0.3 is 6.03 Å². The molecule has 212 valence electrons. The summed E-state index contributed by atoms with van der Waals surface area (Å²) in [6.07, 6.45) is 9.10. The Hall–Kier alpha value is -2.57. The largest absolute Gasteiger partial charge is 0.340 e. The molecule has 1 heterocycles. The highest BCUT2D eigenvalue weighted by Crippen LogP contribution is 2.25. The third-order valence-electron chi connectivity index (χ3n) is 8.36. The van der Waals surface area contributed by atoms with Gasteiger partial charge in [-0.1, -0.05) is 67.3 Å². The SMILES string of the molecule is CCN(C(=O)Cc1ccccc1)C1CCN(CCCN(C(=O)NC2CCCCC2)c2ccc(C)c(Cl)c2)CC1. The number of piperidine rings is 1. The molecule has 1 saturated carbocycles. The van der Waals surface area contributed by atoms with E-state index in [2.05, 4.69) is 22.0 Å². The number of halogens is 1. The first-order valence-electron chi connectivity index (χ1n) is 14.8. The second kappa shape index (κ2) is 14.7. The Morgan fingerprint density at radius 2 is 1.72 bits per heavy atom. The summed E-state index contributed by atoms with van der Waals surface area (Å²) in [5, 5.41) is 3.97. The van der Waals surface area contributed by atoms with Gasteiger partial charge in [-0.05, 0) is 75.8 Å². The lowest BCUT2D eigenvalue weighted by molar-refractivity contribution is -0.133. The van der Waals surface area contributed by atoms with Crippen LogP contribution in [-0.2, 0) is 11.2 Å². The van der Waals surface area contributed by atoms with Crippen molar-refractivity contribution in [1.82, 2.24) is 15.1 Å². The van der Waals surface area contributed by atoms with Crippen LogP contribution in [0.25, 0.3) is 0 Å². The quantitative estimate of drug-likeness (QED) is 0.369. The molecule has 1 N–H and O–H groups in total. The van der Waals surface area contributed by atoms with E-state index in [9.17, 15) is 9.59 Å². The number of nitrogens with one attached hydrogen (secondary N) is 1. The van der Waals surface area contributed by atoms with Crippen LogP contribution >= 0.6 is 11.6 Å². The van der Waals surface area contributed by atoms with Crippen molar-refractivity contribution < 1.29 is 9.59 Å². The zero-order chi connectivity index (χ0) is 27.6. The summed E-state index contributed by atoms with van der Waals surface area (Å²) in [6, 6.07) is 16.5. The second-order valence-electron chi connectivity index (χ2n) is 11.1. The average molecular weight is 553 g/mol. The molecule has 0 unspecified atom stereocenters. The minimum Gasteiger partial charge on any atom is -0.340 e. The van der Waals surface area contributed by atoms with E-state index in [0.717, 1.165) is 75.1 Å². The van der Waals surface area contributed by atoms with Crippen LogP contribution in [0.15, 0.2) is 48.5 Å². The van der Waals surface area contributed by atoms with Gasteiger partial charge in [-0.3, -0.25) is 9.69 Å². The molecule has 2 aromatic rings. The minimum absolute atomic E-state index is 0.0176. The molecule has 0 aromatic heterocycles. The van der Waals surface area contributed by atoms with E-state index in [0.29, 0.717) is 24.0 Å². The number of hydrogen-bond donors (Lipinski definition) is 1. The molecule has 2 aliphatic rings. The molecule has 2 aromatic carbocycles. The highest BCUT2D eigenvalue weighted by molar-refractivity contribution is 6.31. The van der Waals surface area contributed by atoms with E-state index >= 15 is 0 Å². The molecule has 4 rings (SSSR count). The predicted molar refractivity (Wildman–Crippen MR) is 161 cm³/mol. The monoisotopic (exact) mass is 552 g/mol. The maximum Gasteiger partial charge on any atom is 0.322 e. The number of urea groups is 1. The van der Waals surface area contributed by atoms with E-state index in [4.69, 9.17) is 11.6 Å². The molecule has 2 fully saturated rings. The van der Waals surface area contributed by atoms with Gasteiger partial charge in [0.2, 0.25) is 5.91 Å². The van der Waals surface area contributed by atoms with Crippen LogP contribution < -0.4 is 10.2 Å². The van der Waals surface area contributed by atoms with Crippen LogP contribution in [0, 0.1) is 6.92 Å². The maximum atomic E-state index is 13.4.